The Balaban J connectivity index is 2.35. The molecule has 1 unspecified atom stereocenters. The number of nitrogens with one attached hydrogen (secondary N) is 1. The fourth-order valence-corrected chi connectivity index (χ4v) is 1.77. The molecule has 0 aromatic rings. The minimum atomic E-state index is 0.241. The van der Waals surface area contributed by atoms with E-state index in [9.17, 15) is 0 Å². The van der Waals surface area contributed by atoms with Crippen molar-refractivity contribution in [3.63, 3.8) is 0 Å². The number of hydrogen-bond acceptors (Lipinski definition) is 3. The van der Waals surface area contributed by atoms with Crippen molar-refractivity contribution in [2.75, 3.05) is 12.3 Å². The van der Waals surface area contributed by atoms with E-state index < -0.39 is 0 Å². The first kappa shape index (κ1) is 6.32. The van der Waals surface area contributed by atoms with Crippen LogP contribution in [0.1, 0.15) is 0 Å². The van der Waals surface area contributed by atoms with Crippen molar-refractivity contribution in [2.24, 2.45) is 5.73 Å². The van der Waals surface area contributed by atoms with E-state index in [4.69, 9.17) is 18.0 Å². The van der Waals surface area contributed by atoms with E-state index in [2.05, 4.69) is 5.32 Å². The highest BCUT2D eigenvalue weighted by molar-refractivity contribution is 8.01. The summed E-state index contributed by atoms with van der Waals surface area (Å²) >= 11 is 6.52. The second kappa shape index (κ2) is 2.66. The first-order chi connectivity index (χ1) is 3.80. The lowest BCUT2D eigenvalue weighted by Crippen LogP contribution is -2.32. The van der Waals surface area contributed by atoms with Gasteiger partial charge in [-0.15, -0.1) is 11.8 Å². The average Bonchev–Trinajstić information content (AvgIpc) is 2.12. The van der Waals surface area contributed by atoms with Crippen LogP contribution in [0.3, 0.4) is 0 Å². The molecule has 8 heavy (non-hydrogen) atoms. The molecule has 0 saturated carbocycles. The van der Waals surface area contributed by atoms with Gasteiger partial charge in [0, 0.05) is 12.3 Å². The van der Waals surface area contributed by atoms with Gasteiger partial charge in [-0.25, -0.2) is 0 Å². The summed E-state index contributed by atoms with van der Waals surface area (Å²) in [6, 6.07) is 0. The number of hydrogen-bond donors (Lipinski definition) is 2. The van der Waals surface area contributed by atoms with Gasteiger partial charge in [0.15, 0.2) is 0 Å². The third-order valence-corrected chi connectivity index (χ3v) is 2.55. The maximum Gasteiger partial charge on any atom is 0.104 e. The van der Waals surface area contributed by atoms with E-state index in [-0.39, 0.29) is 5.37 Å². The van der Waals surface area contributed by atoms with Gasteiger partial charge in [0.05, 0.1) is 0 Å². The Morgan fingerprint density at radius 2 is 2.62 bits per heavy atom. The normalized spacial score (nSPS) is 28.2. The third kappa shape index (κ3) is 1.34. The third-order valence-electron chi connectivity index (χ3n) is 0.975. The Bertz CT molecular complexity index is 98.2. The van der Waals surface area contributed by atoms with Crippen molar-refractivity contribution in [2.45, 2.75) is 5.37 Å². The molecule has 0 bridgehead atoms. The summed E-state index contributed by atoms with van der Waals surface area (Å²) in [7, 11) is 0. The van der Waals surface area contributed by atoms with Gasteiger partial charge >= 0.3 is 0 Å². The van der Waals surface area contributed by atoms with Gasteiger partial charge in [0.1, 0.15) is 10.4 Å². The van der Waals surface area contributed by atoms with Crippen molar-refractivity contribution in [3.8, 4) is 0 Å². The molecule has 1 aliphatic rings. The van der Waals surface area contributed by atoms with Crippen LogP contribution in [0.25, 0.3) is 0 Å². The van der Waals surface area contributed by atoms with Crippen LogP contribution in [0.5, 0.6) is 0 Å². The smallest absolute Gasteiger partial charge is 0.104 e. The Labute approximate surface area is 58.2 Å². The molecule has 1 rings (SSSR count). The fraction of sp³-hybridized carbons (Fsp3) is 0.750. The molecule has 0 radical (unpaired) electrons. The van der Waals surface area contributed by atoms with Crippen LogP contribution in [0.15, 0.2) is 0 Å². The van der Waals surface area contributed by atoms with E-state index in [1.807, 2.05) is 0 Å². The summed E-state index contributed by atoms with van der Waals surface area (Å²) in [6.45, 7) is 1.03. The monoisotopic (exact) mass is 148 g/mol. The van der Waals surface area contributed by atoms with Crippen molar-refractivity contribution in [1.29, 1.82) is 0 Å². The molecule has 0 spiro atoms. The summed E-state index contributed by atoms with van der Waals surface area (Å²) in [5.41, 5.74) is 5.35. The van der Waals surface area contributed by atoms with Gasteiger partial charge in [0.25, 0.3) is 0 Å². The predicted molar refractivity (Wildman–Crippen MR) is 41.0 cm³/mol. The van der Waals surface area contributed by atoms with Crippen LogP contribution >= 0.6 is 24.0 Å². The Hall–Kier alpha value is 0.200. The average molecular weight is 148 g/mol. The van der Waals surface area contributed by atoms with Crippen molar-refractivity contribution >= 4 is 29.0 Å². The topological polar surface area (TPSA) is 38.0 Å². The zero-order chi connectivity index (χ0) is 5.98. The molecular weight excluding hydrogens is 140 g/mol. The maximum atomic E-state index is 5.35. The molecule has 1 saturated heterocycles. The van der Waals surface area contributed by atoms with E-state index in [1.54, 1.807) is 11.8 Å². The first-order valence-corrected chi connectivity index (χ1v) is 3.91. The largest absolute Gasteiger partial charge is 0.391 e. The Morgan fingerprint density at radius 1 is 1.88 bits per heavy atom. The number of thiocarbonyl (C=S) groups is 1. The van der Waals surface area contributed by atoms with E-state index >= 15 is 0 Å². The molecule has 0 aromatic carbocycles. The molecule has 46 valence electrons. The predicted octanol–water partition coefficient (Wildman–Crippen LogP) is -0.0650. The van der Waals surface area contributed by atoms with Gasteiger partial charge in [-0.1, -0.05) is 12.2 Å². The molecule has 4 heteroatoms. The van der Waals surface area contributed by atoms with Gasteiger partial charge in [-0.3, -0.25) is 5.32 Å². The highest BCUT2D eigenvalue weighted by Crippen LogP contribution is 2.12. The molecule has 0 amide bonds. The number of rotatable bonds is 1. The summed E-state index contributed by atoms with van der Waals surface area (Å²) in [4.78, 5) is 0.576. The SMILES string of the molecule is NC(=S)C1NCCS1. The van der Waals surface area contributed by atoms with Gasteiger partial charge in [0.2, 0.25) is 0 Å². The second-order valence-corrected chi connectivity index (χ2v) is 3.29. The first-order valence-electron chi connectivity index (χ1n) is 2.45. The molecule has 1 fully saturated rings. The molecule has 0 aliphatic carbocycles. The minimum Gasteiger partial charge on any atom is -0.391 e. The quantitative estimate of drug-likeness (QED) is 0.511. The highest BCUT2D eigenvalue weighted by Gasteiger charge is 2.15. The van der Waals surface area contributed by atoms with Crippen molar-refractivity contribution < 1.29 is 0 Å². The summed E-state index contributed by atoms with van der Waals surface area (Å²) in [6.07, 6.45) is 0. The van der Waals surface area contributed by atoms with Gasteiger partial charge < -0.3 is 5.73 Å². The van der Waals surface area contributed by atoms with Crippen LogP contribution in [-0.2, 0) is 0 Å². The molecule has 0 aromatic heterocycles. The van der Waals surface area contributed by atoms with Crippen molar-refractivity contribution in [1.82, 2.24) is 5.32 Å². The van der Waals surface area contributed by atoms with Crippen LogP contribution in [0.2, 0.25) is 0 Å². The maximum absolute atomic E-state index is 5.35. The minimum absolute atomic E-state index is 0.241. The molecule has 2 nitrogen and oxygen atoms in total. The van der Waals surface area contributed by atoms with E-state index in [1.165, 1.54) is 0 Å². The molecule has 3 N–H and O–H groups in total. The Morgan fingerprint density at radius 3 is 2.88 bits per heavy atom. The lowest BCUT2D eigenvalue weighted by Gasteiger charge is -2.03. The lowest BCUT2D eigenvalue weighted by atomic mass is 10.6. The van der Waals surface area contributed by atoms with Gasteiger partial charge in [-0.2, -0.15) is 0 Å². The summed E-state index contributed by atoms with van der Waals surface area (Å²) in [5.74, 6) is 1.13. The zero-order valence-electron chi connectivity index (χ0n) is 4.39. The van der Waals surface area contributed by atoms with Crippen LogP contribution in [0, 0.1) is 0 Å². The number of thioether (sulfide) groups is 1. The molecule has 1 atom stereocenters. The molecule has 1 heterocycles. The highest BCUT2D eigenvalue weighted by atomic mass is 32.2. The van der Waals surface area contributed by atoms with Crippen LogP contribution in [-0.4, -0.2) is 22.7 Å². The Kier molecular flexibility index (Phi) is 2.10. The molecular formula is C4H8N2S2. The summed E-state index contributed by atoms with van der Waals surface area (Å²) < 4.78 is 0. The summed E-state index contributed by atoms with van der Waals surface area (Å²) in [5, 5.41) is 3.39. The van der Waals surface area contributed by atoms with E-state index in [0.29, 0.717) is 4.99 Å². The zero-order valence-corrected chi connectivity index (χ0v) is 6.02. The van der Waals surface area contributed by atoms with Gasteiger partial charge in [-0.05, 0) is 0 Å². The second-order valence-electron chi connectivity index (χ2n) is 1.61. The van der Waals surface area contributed by atoms with Crippen LogP contribution in [0.4, 0.5) is 0 Å². The van der Waals surface area contributed by atoms with E-state index in [0.717, 1.165) is 12.3 Å². The lowest BCUT2D eigenvalue weighted by molar-refractivity contribution is 0.829. The standard InChI is InChI=1S/C4H8N2S2/c5-3(7)4-6-1-2-8-4/h4,6H,1-2H2,(H2,5,7). The van der Waals surface area contributed by atoms with Crippen LogP contribution < -0.4 is 11.1 Å². The number of nitrogens with two attached hydrogens (primary N) is 1. The molecule has 1 aliphatic heterocycles. The van der Waals surface area contributed by atoms with Crippen molar-refractivity contribution in [3.05, 3.63) is 0 Å². The fourth-order valence-electron chi connectivity index (χ4n) is 0.608.